The summed E-state index contributed by atoms with van der Waals surface area (Å²) in [6, 6.07) is 0. The maximum absolute atomic E-state index is 5.27. The summed E-state index contributed by atoms with van der Waals surface area (Å²) < 4.78 is 17.8. The fourth-order valence-electron chi connectivity index (χ4n) is 1.30. The van der Waals surface area contributed by atoms with E-state index in [0.717, 1.165) is 18.7 Å². The fourth-order valence-corrected chi connectivity index (χ4v) is 2.69. The molecule has 0 bridgehead atoms. The van der Waals surface area contributed by atoms with Gasteiger partial charge in [-0.3, -0.25) is 12.5 Å². The molecular weight excluding hydrogens is 216 g/mol. The van der Waals surface area contributed by atoms with Crippen molar-refractivity contribution in [3.05, 3.63) is 18.7 Å². The molecule has 1 aromatic heterocycles. The molecule has 0 aromatic carbocycles. The van der Waals surface area contributed by atoms with Crippen molar-refractivity contribution in [2.24, 2.45) is 0 Å². The zero-order chi connectivity index (χ0) is 11.1. The highest BCUT2D eigenvalue weighted by Gasteiger charge is 2.21. The summed E-state index contributed by atoms with van der Waals surface area (Å²) in [5, 5.41) is 0. The summed E-state index contributed by atoms with van der Waals surface area (Å²) in [6.45, 7) is 0.894. The number of nitrogens with zero attached hydrogens (tertiary/aromatic N) is 2. The van der Waals surface area contributed by atoms with Gasteiger partial charge in [-0.05, 0) is 6.42 Å². The normalized spacial score (nSPS) is 13.0. The van der Waals surface area contributed by atoms with Crippen molar-refractivity contribution < 1.29 is 12.5 Å². The lowest BCUT2D eigenvalue weighted by Gasteiger charge is -2.33. The molecule has 0 aliphatic rings. The molecule has 0 saturated carbocycles. The molecule has 0 N–H and O–H groups in total. The van der Waals surface area contributed by atoms with Crippen molar-refractivity contribution in [2.75, 3.05) is 27.1 Å². The first-order valence-corrected chi connectivity index (χ1v) is 6.27. The van der Waals surface area contributed by atoms with Gasteiger partial charge in [0.15, 0.2) is 0 Å². The summed E-state index contributed by atoms with van der Waals surface area (Å²) in [5.41, 5.74) is 0. The van der Waals surface area contributed by atoms with Gasteiger partial charge in [0, 0.05) is 24.7 Å². The summed E-state index contributed by atoms with van der Waals surface area (Å²) in [6.07, 6.45) is 6.43. The van der Waals surface area contributed by atoms with Crippen LogP contribution < -0.4 is 0 Å². The van der Waals surface area contributed by atoms with E-state index in [9.17, 15) is 0 Å². The molecule has 0 unspecified atom stereocenters. The van der Waals surface area contributed by atoms with Crippen molar-refractivity contribution in [1.29, 1.82) is 0 Å². The van der Waals surface area contributed by atoms with E-state index in [1.165, 1.54) is 0 Å². The van der Waals surface area contributed by atoms with E-state index in [-0.39, 0.29) is 0 Å². The summed E-state index contributed by atoms with van der Waals surface area (Å²) >= 11 is 0. The van der Waals surface area contributed by atoms with Crippen LogP contribution in [-0.4, -0.2) is 36.6 Å². The van der Waals surface area contributed by atoms with Gasteiger partial charge in [-0.15, -0.1) is 0 Å². The summed E-state index contributed by atoms with van der Waals surface area (Å²) in [7, 11) is 3.03. The van der Waals surface area contributed by atoms with Gasteiger partial charge in [0.1, 0.15) is 0 Å². The molecule has 0 radical (unpaired) electrons. The number of hydrogen-bond donors (Lipinski definition) is 0. The zero-order valence-corrected chi connectivity index (χ0v) is 10.2. The van der Waals surface area contributed by atoms with Gasteiger partial charge in [-0.2, -0.15) is 0 Å². The molecular formula is C9H18N2O3S. The van der Waals surface area contributed by atoms with Crippen molar-refractivity contribution in [3.63, 3.8) is 0 Å². The molecule has 0 aliphatic carbocycles. The van der Waals surface area contributed by atoms with Crippen LogP contribution >= 0.6 is 10.9 Å². The SMILES string of the molecule is COS(CCCn1ccnc1)(OC)OC. The Morgan fingerprint density at radius 2 is 1.87 bits per heavy atom. The molecule has 0 saturated heterocycles. The highest BCUT2D eigenvalue weighted by Crippen LogP contribution is 2.49. The van der Waals surface area contributed by atoms with Crippen LogP contribution in [-0.2, 0) is 19.1 Å². The molecule has 1 aromatic rings. The van der Waals surface area contributed by atoms with Crippen LogP contribution in [0.2, 0.25) is 0 Å². The Morgan fingerprint density at radius 3 is 2.33 bits per heavy atom. The van der Waals surface area contributed by atoms with E-state index in [1.54, 1.807) is 33.9 Å². The van der Waals surface area contributed by atoms with Crippen LogP contribution in [0.1, 0.15) is 6.42 Å². The van der Waals surface area contributed by atoms with Crippen LogP contribution in [0.15, 0.2) is 18.7 Å². The highest BCUT2D eigenvalue weighted by atomic mass is 32.3. The molecule has 15 heavy (non-hydrogen) atoms. The fraction of sp³-hybridized carbons (Fsp3) is 0.667. The van der Waals surface area contributed by atoms with Gasteiger partial charge in [-0.25, -0.2) is 4.98 Å². The zero-order valence-electron chi connectivity index (χ0n) is 9.38. The molecule has 0 amide bonds. The predicted octanol–water partition coefficient (Wildman–Crippen LogP) is 1.76. The largest absolute Gasteiger partial charge is 0.337 e. The average molecular weight is 234 g/mol. The summed E-state index contributed by atoms with van der Waals surface area (Å²) in [5.74, 6) is 0.759. The van der Waals surface area contributed by atoms with Crippen LogP contribution in [0, 0.1) is 0 Å². The van der Waals surface area contributed by atoms with Gasteiger partial charge in [0.05, 0.1) is 38.5 Å². The first-order valence-electron chi connectivity index (χ1n) is 4.70. The monoisotopic (exact) mass is 234 g/mol. The van der Waals surface area contributed by atoms with Crippen molar-refractivity contribution in [3.8, 4) is 0 Å². The Hall–Kier alpha value is -0.560. The van der Waals surface area contributed by atoms with Gasteiger partial charge in [-0.1, -0.05) is 0 Å². The first-order chi connectivity index (χ1) is 7.26. The number of imidazole rings is 1. The second-order valence-electron chi connectivity index (χ2n) is 2.92. The van der Waals surface area contributed by atoms with Crippen molar-refractivity contribution in [2.45, 2.75) is 13.0 Å². The van der Waals surface area contributed by atoms with Gasteiger partial charge < -0.3 is 4.57 Å². The lowest BCUT2D eigenvalue weighted by molar-refractivity contribution is 0.247. The van der Waals surface area contributed by atoms with E-state index < -0.39 is 10.9 Å². The second-order valence-corrected chi connectivity index (χ2v) is 5.44. The molecule has 0 aliphatic heterocycles. The van der Waals surface area contributed by atoms with Gasteiger partial charge >= 0.3 is 0 Å². The van der Waals surface area contributed by atoms with Crippen LogP contribution in [0.3, 0.4) is 0 Å². The number of hydrogen-bond acceptors (Lipinski definition) is 4. The van der Waals surface area contributed by atoms with Gasteiger partial charge in [0.25, 0.3) is 0 Å². The Morgan fingerprint density at radius 1 is 1.20 bits per heavy atom. The third kappa shape index (κ3) is 3.49. The third-order valence-corrected chi connectivity index (χ3v) is 4.44. The van der Waals surface area contributed by atoms with Crippen LogP contribution in [0.4, 0.5) is 0 Å². The minimum Gasteiger partial charge on any atom is -0.337 e. The molecule has 0 atom stereocenters. The molecule has 1 heterocycles. The molecule has 0 spiro atoms. The topological polar surface area (TPSA) is 45.5 Å². The summed E-state index contributed by atoms with van der Waals surface area (Å²) in [4.78, 5) is 3.97. The molecule has 5 nitrogen and oxygen atoms in total. The maximum atomic E-state index is 5.27. The Kier molecular flexibility index (Phi) is 5.10. The standard InChI is InChI=1S/C9H18N2O3S/c1-12-15(13-2,14-3)8-4-6-11-7-5-10-9-11/h5,7,9H,4,6,8H2,1-3H3. The third-order valence-electron chi connectivity index (χ3n) is 2.13. The van der Waals surface area contributed by atoms with E-state index in [1.807, 2.05) is 10.8 Å². The van der Waals surface area contributed by atoms with Crippen LogP contribution in [0.25, 0.3) is 0 Å². The van der Waals surface area contributed by atoms with E-state index in [4.69, 9.17) is 12.5 Å². The van der Waals surface area contributed by atoms with Crippen molar-refractivity contribution >= 4 is 10.9 Å². The molecule has 0 fully saturated rings. The van der Waals surface area contributed by atoms with Gasteiger partial charge in [0.2, 0.25) is 0 Å². The number of rotatable bonds is 7. The predicted molar refractivity (Wildman–Crippen MR) is 60.3 cm³/mol. The molecule has 6 heteroatoms. The number of aromatic nitrogens is 2. The van der Waals surface area contributed by atoms with Crippen molar-refractivity contribution in [1.82, 2.24) is 9.55 Å². The minimum atomic E-state index is -1.80. The Balaban J connectivity index is 2.34. The van der Waals surface area contributed by atoms with E-state index in [0.29, 0.717) is 0 Å². The maximum Gasteiger partial charge on any atom is 0.0945 e. The number of aryl methyl sites for hydroxylation is 1. The Labute approximate surface area is 92.3 Å². The first kappa shape index (κ1) is 12.5. The second kappa shape index (κ2) is 6.12. The van der Waals surface area contributed by atoms with E-state index in [2.05, 4.69) is 4.98 Å². The molecule has 88 valence electrons. The minimum absolute atomic E-state index is 0.759. The van der Waals surface area contributed by atoms with E-state index >= 15 is 0 Å². The quantitative estimate of drug-likeness (QED) is 0.721. The average Bonchev–Trinajstić information content (AvgIpc) is 2.78. The molecule has 1 rings (SSSR count). The smallest absolute Gasteiger partial charge is 0.0945 e. The lowest BCUT2D eigenvalue weighted by atomic mass is 10.5. The van der Waals surface area contributed by atoms with Crippen LogP contribution in [0.5, 0.6) is 0 Å². The highest BCUT2D eigenvalue weighted by molar-refractivity contribution is 8.21. The lowest BCUT2D eigenvalue weighted by Crippen LogP contribution is -2.12. The Bertz CT molecular complexity index is 254.